The van der Waals surface area contributed by atoms with E-state index in [2.05, 4.69) is 4.98 Å². The van der Waals surface area contributed by atoms with Gasteiger partial charge in [-0.15, -0.1) is 11.6 Å². The largest absolute Gasteiger partial charge is 0.477 e. The Balaban J connectivity index is 2.73. The first-order valence-corrected chi connectivity index (χ1v) is 5.71. The Morgan fingerprint density at radius 3 is 2.78 bits per heavy atom. The summed E-state index contributed by atoms with van der Waals surface area (Å²) in [6.45, 7) is 0. The van der Waals surface area contributed by atoms with Crippen molar-refractivity contribution in [2.75, 3.05) is 5.88 Å². The van der Waals surface area contributed by atoms with Crippen LogP contribution in [-0.2, 0) is 6.42 Å². The summed E-state index contributed by atoms with van der Waals surface area (Å²) in [5, 5.41) is 8.82. The van der Waals surface area contributed by atoms with Crippen molar-refractivity contribution in [3.05, 3.63) is 45.5 Å². The van der Waals surface area contributed by atoms with Crippen LogP contribution in [-0.4, -0.2) is 21.9 Å². The van der Waals surface area contributed by atoms with Crippen LogP contribution in [0.25, 0.3) is 10.9 Å². The number of hydrogen-bond donors (Lipinski definition) is 2. The Hall–Kier alpha value is -1.88. The summed E-state index contributed by atoms with van der Waals surface area (Å²) >= 11 is 5.54. The third-order valence-electron chi connectivity index (χ3n) is 2.64. The number of H-pyrrole nitrogens is 1. The highest BCUT2D eigenvalue weighted by molar-refractivity contribution is 6.18. The number of aromatic carboxylic acids is 1. The number of pyridine rings is 1. The summed E-state index contributed by atoms with van der Waals surface area (Å²) in [6.07, 6.45) is 1.45. The molecule has 2 rings (SSSR count). The van der Waals surface area contributed by atoms with Crippen LogP contribution in [0.1, 0.15) is 15.9 Å². The molecule has 0 atom stereocenters. The number of aromatic amines is 1. The highest BCUT2D eigenvalue weighted by Crippen LogP contribution is 2.16. The molecular formula is C12H9ClFNO3. The molecule has 0 saturated heterocycles. The van der Waals surface area contributed by atoms with Gasteiger partial charge in [-0.05, 0) is 24.1 Å². The maximum atomic E-state index is 13.7. The molecule has 0 radical (unpaired) electrons. The van der Waals surface area contributed by atoms with Crippen molar-refractivity contribution in [1.82, 2.24) is 4.98 Å². The van der Waals surface area contributed by atoms with Crippen molar-refractivity contribution in [3.63, 3.8) is 0 Å². The Morgan fingerprint density at radius 1 is 1.44 bits per heavy atom. The first-order valence-electron chi connectivity index (χ1n) is 5.17. The number of nitrogens with one attached hydrogen (secondary N) is 1. The monoisotopic (exact) mass is 269 g/mol. The van der Waals surface area contributed by atoms with Gasteiger partial charge in [0.15, 0.2) is 0 Å². The van der Waals surface area contributed by atoms with Gasteiger partial charge in [-0.25, -0.2) is 9.18 Å². The second kappa shape index (κ2) is 4.78. The van der Waals surface area contributed by atoms with Gasteiger partial charge in [-0.1, -0.05) is 0 Å². The van der Waals surface area contributed by atoms with Gasteiger partial charge in [0.1, 0.15) is 11.4 Å². The summed E-state index contributed by atoms with van der Waals surface area (Å²) in [7, 11) is 0. The number of halogens is 2. The Morgan fingerprint density at radius 2 is 2.17 bits per heavy atom. The van der Waals surface area contributed by atoms with E-state index in [1.807, 2.05) is 0 Å². The third kappa shape index (κ3) is 2.09. The first kappa shape index (κ1) is 12.6. The molecule has 1 aromatic carbocycles. The molecule has 18 heavy (non-hydrogen) atoms. The average molecular weight is 270 g/mol. The minimum Gasteiger partial charge on any atom is -0.477 e. The highest BCUT2D eigenvalue weighted by Gasteiger charge is 2.13. The van der Waals surface area contributed by atoms with E-state index in [-0.39, 0.29) is 11.3 Å². The zero-order valence-corrected chi connectivity index (χ0v) is 9.92. The lowest BCUT2D eigenvalue weighted by Crippen LogP contribution is -2.15. The number of aromatic nitrogens is 1. The maximum absolute atomic E-state index is 13.7. The van der Waals surface area contributed by atoms with Gasteiger partial charge >= 0.3 is 5.97 Å². The molecular weight excluding hydrogens is 261 g/mol. The van der Waals surface area contributed by atoms with Crippen molar-refractivity contribution in [2.45, 2.75) is 6.42 Å². The smallest absolute Gasteiger partial charge is 0.341 e. The fourth-order valence-electron chi connectivity index (χ4n) is 1.74. The normalized spacial score (nSPS) is 10.8. The molecule has 1 aromatic heterocycles. The molecule has 0 aliphatic heterocycles. The van der Waals surface area contributed by atoms with E-state index < -0.39 is 22.8 Å². The second-order valence-corrected chi connectivity index (χ2v) is 4.14. The fraction of sp³-hybridized carbons (Fsp3) is 0.167. The number of carboxylic acid groups (broad SMARTS) is 1. The molecule has 6 heteroatoms. The first-order chi connectivity index (χ1) is 8.54. The SMILES string of the molecule is O=C(O)c1c[nH]c2cc(CCCl)c(F)cc2c1=O. The predicted molar refractivity (Wildman–Crippen MR) is 65.9 cm³/mol. The molecule has 0 aliphatic rings. The molecule has 0 saturated carbocycles. The maximum Gasteiger partial charge on any atom is 0.341 e. The Bertz CT molecular complexity index is 681. The molecule has 2 N–H and O–H groups in total. The van der Waals surface area contributed by atoms with Crippen LogP contribution in [0.15, 0.2) is 23.1 Å². The molecule has 1 heterocycles. The van der Waals surface area contributed by atoms with Gasteiger partial charge < -0.3 is 10.1 Å². The van der Waals surface area contributed by atoms with Crippen molar-refractivity contribution in [2.24, 2.45) is 0 Å². The number of benzene rings is 1. The van der Waals surface area contributed by atoms with E-state index in [1.165, 1.54) is 6.07 Å². The highest BCUT2D eigenvalue weighted by atomic mass is 35.5. The van der Waals surface area contributed by atoms with Crippen LogP contribution in [0, 0.1) is 5.82 Å². The van der Waals surface area contributed by atoms with Crippen LogP contribution in [0.2, 0.25) is 0 Å². The quantitative estimate of drug-likeness (QED) is 0.839. The van der Waals surface area contributed by atoms with Gasteiger partial charge in [-0.2, -0.15) is 0 Å². The Kier molecular flexibility index (Phi) is 3.34. The number of alkyl halides is 1. The van der Waals surface area contributed by atoms with Crippen LogP contribution >= 0.6 is 11.6 Å². The number of carboxylic acids is 1. The molecule has 0 aliphatic carbocycles. The number of carbonyl (C=O) groups is 1. The van der Waals surface area contributed by atoms with Crippen LogP contribution in [0.3, 0.4) is 0 Å². The zero-order chi connectivity index (χ0) is 13.3. The standard InChI is InChI=1S/C12H9ClFNO3/c13-2-1-6-3-10-7(4-9(6)14)11(16)8(5-15-10)12(17)18/h3-5H,1-2H2,(H,15,16)(H,17,18). The summed E-state index contributed by atoms with van der Waals surface area (Å²) in [5.41, 5.74) is -0.331. The van der Waals surface area contributed by atoms with Gasteiger partial charge in [0, 0.05) is 23.0 Å². The van der Waals surface area contributed by atoms with Crippen molar-refractivity contribution < 1.29 is 14.3 Å². The summed E-state index contributed by atoms with van der Waals surface area (Å²) in [5.74, 6) is -1.64. The summed E-state index contributed by atoms with van der Waals surface area (Å²) < 4.78 is 13.7. The fourth-order valence-corrected chi connectivity index (χ4v) is 1.94. The van der Waals surface area contributed by atoms with Gasteiger partial charge in [0.25, 0.3) is 0 Å². The molecule has 0 bridgehead atoms. The Labute approximate surface area is 106 Å². The third-order valence-corrected chi connectivity index (χ3v) is 2.83. The van der Waals surface area contributed by atoms with Gasteiger partial charge in [0.2, 0.25) is 5.43 Å². The molecule has 0 amide bonds. The zero-order valence-electron chi connectivity index (χ0n) is 9.17. The lowest BCUT2D eigenvalue weighted by molar-refractivity contribution is 0.0695. The van der Waals surface area contributed by atoms with E-state index in [0.29, 0.717) is 17.5 Å². The van der Waals surface area contributed by atoms with Crippen LogP contribution < -0.4 is 5.43 Å². The average Bonchev–Trinajstić information content (AvgIpc) is 2.31. The van der Waals surface area contributed by atoms with Crippen LogP contribution in [0.4, 0.5) is 4.39 Å². The van der Waals surface area contributed by atoms with Gasteiger partial charge in [0.05, 0.1) is 0 Å². The van der Waals surface area contributed by atoms with Crippen molar-refractivity contribution >= 4 is 28.5 Å². The minimum atomic E-state index is -1.34. The molecule has 94 valence electrons. The van der Waals surface area contributed by atoms with E-state index in [0.717, 1.165) is 12.3 Å². The minimum absolute atomic E-state index is 0.0192. The predicted octanol–water partition coefficient (Wildman–Crippen LogP) is 2.15. The molecule has 4 nitrogen and oxygen atoms in total. The number of fused-ring (bicyclic) bond motifs is 1. The number of rotatable bonds is 3. The summed E-state index contributed by atoms with van der Waals surface area (Å²) in [4.78, 5) is 25.3. The topological polar surface area (TPSA) is 70.2 Å². The molecule has 2 aromatic rings. The molecule has 0 unspecified atom stereocenters. The van der Waals surface area contributed by atoms with E-state index in [4.69, 9.17) is 16.7 Å². The van der Waals surface area contributed by atoms with Crippen molar-refractivity contribution in [1.29, 1.82) is 0 Å². The van der Waals surface area contributed by atoms with Gasteiger partial charge in [-0.3, -0.25) is 4.79 Å². The summed E-state index contributed by atoms with van der Waals surface area (Å²) in [6, 6.07) is 2.52. The lowest BCUT2D eigenvalue weighted by Gasteiger charge is -2.04. The lowest BCUT2D eigenvalue weighted by atomic mass is 10.1. The second-order valence-electron chi connectivity index (χ2n) is 3.76. The van der Waals surface area contributed by atoms with Crippen molar-refractivity contribution in [3.8, 4) is 0 Å². The number of aryl methyl sites for hydroxylation is 1. The number of hydrogen-bond acceptors (Lipinski definition) is 2. The van der Waals surface area contributed by atoms with Crippen LogP contribution in [0.5, 0.6) is 0 Å². The van der Waals surface area contributed by atoms with E-state index >= 15 is 0 Å². The molecule has 0 spiro atoms. The van der Waals surface area contributed by atoms with E-state index in [1.54, 1.807) is 0 Å². The van der Waals surface area contributed by atoms with E-state index in [9.17, 15) is 14.0 Å². The molecule has 0 fully saturated rings.